The Morgan fingerprint density at radius 1 is 0.967 bits per heavy atom. The van der Waals surface area contributed by atoms with Crippen molar-refractivity contribution in [2.45, 2.75) is 39.2 Å². The highest BCUT2D eigenvalue weighted by atomic mass is 35.5. The van der Waals surface area contributed by atoms with Gasteiger partial charge in [0.1, 0.15) is 0 Å². The molecule has 0 aromatic heterocycles. The Bertz CT molecular complexity index is 970. The van der Waals surface area contributed by atoms with Gasteiger partial charge in [0.15, 0.2) is 0 Å². The summed E-state index contributed by atoms with van der Waals surface area (Å²) in [5.41, 5.74) is 4.39. The van der Waals surface area contributed by atoms with Crippen LogP contribution in [0, 0.1) is 6.92 Å². The van der Waals surface area contributed by atoms with Crippen molar-refractivity contribution in [3.8, 4) is 0 Å². The van der Waals surface area contributed by atoms with Crippen LogP contribution in [0.1, 0.15) is 41.5 Å². The minimum absolute atomic E-state index is 0.148. The third kappa shape index (κ3) is 5.87. The molecule has 0 N–H and O–H groups in total. The van der Waals surface area contributed by atoms with Gasteiger partial charge < -0.3 is 4.90 Å². The Hall–Kier alpha value is -2.29. The van der Waals surface area contributed by atoms with E-state index in [4.69, 9.17) is 23.2 Å². The first-order valence-electron chi connectivity index (χ1n) is 10.3. The van der Waals surface area contributed by atoms with E-state index in [-0.39, 0.29) is 11.8 Å². The number of rotatable bonds is 8. The molecule has 3 aromatic rings. The maximum absolute atomic E-state index is 13.6. The van der Waals surface area contributed by atoms with Gasteiger partial charge in [-0.1, -0.05) is 96.4 Å². The van der Waals surface area contributed by atoms with Crippen molar-refractivity contribution in [3.05, 3.63) is 105 Å². The fraction of sp³-hybridized carbons (Fsp3) is 0.269. The smallest absolute Gasteiger partial charge is 0.230 e. The van der Waals surface area contributed by atoms with Crippen molar-refractivity contribution in [1.82, 2.24) is 4.90 Å². The lowest BCUT2D eigenvalue weighted by molar-refractivity contribution is -0.133. The Morgan fingerprint density at radius 2 is 1.67 bits per heavy atom. The van der Waals surface area contributed by atoms with Crippen LogP contribution in [-0.2, 0) is 17.8 Å². The van der Waals surface area contributed by atoms with Gasteiger partial charge in [-0.3, -0.25) is 4.79 Å². The predicted molar refractivity (Wildman–Crippen MR) is 126 cm³/mol. The van der Waals surface area contributed by atoms with Gasteiger partial charge >= 0.3 is 0 Å². The minimum atomic E-state index is -0.155. The molecule has 30 heavy (non-hydrogen) atoms. The fourth-order valence-corrected chi connectivity index (χ4v) is 4.12. The van der Waals surface area contributed by atoms with Gasteiger partial charge in [-0.2, -0.15) is 0 Å². The second kappa shape index (κ2) is 10.7. The normalized spacial score (nSPS) is 11.9. The highest BCUT2D eigenvalue weighted by Gasteiger charge is 2.24. The summed E-state index contributed by atoms with van der Waals surface area (Å²) in [5, 5.41) is 1.26. The first-order valence-corrected chi connectivity index (χ1v) is 11.1. The van der Waals surface area contributed by atoms with Crippen LogP contribution in [0.3, 0.4) is 0 Å². The molecule has 0 saturated heterocycles. The summed E-state index contributed by atoms with van der Waals surface area (Å²) in [6.07, 6.45) is 1.44. The number of amides is 1. The molecule has 0 radical (unpaired) electrons. The number of aryl methyl sites for hydroxylation is 1. The highest BCUT2D eigenvalue weighted by Crippen LogP contribution is 2.25. The molecule has 0 spiro atoms. The van der Waals surface area contributed by atoms with Crippen molar-refractivity contribution < 1.29 is 4.79 Å². The molecule has 0 heterocycles. The number of carbonyl (C=O) groups excluding carboxylic acids is 1. The van der Waals surface area contributed by atoms with Crippen LogP contribution in [-0.4, -0.2) is 17.4 Å². The molecule has 0 bridgehead atoms. The van der Waals surface area contributed by atoms with Gasteiger partial charge in [-0.15, -0.1) is 0 Å². The van der Waals surface area contributed by atoms with Crippen molar-refractivity contribution >= 4 is 29.1 Å². The summed E-state index contributed by atoms with van der Waals surface area (Å²) in [6.45, 7) is 5.30. The van der Waals surface area contributed by atoms with Gasteiger partial charge in [0.2, 0.25) is 5.91 Å². The third-order valence-corrected chi connectivity index (χ3v) is 5.97. The minimum Gasteiger partial charge on any atom is -0.338 e. The first kappa shape index (κ1) is 22.4. The standard InChI is InChI=1S/C26H27Cl2NO/c1-3-24(21-7-5-4-6-8-21)26(30)29(18-20-11-9-19(2)10-12-20)16-15-22-13-14-23(27)17-25(22)28/h4-14,17,24H,3,15-16,18H2,1-2H3. The lowest BCUT2D eigenvalue weighted by atomic mass is 9.94. The van der Waals surface area contributed by atoms with Crippen LogP contribution in [0.25, 0.3) is 0 Å². The number of nitrogens with zero attached hydrogens (tertiary/aromatic N) is 1. The van der Waals surface area contributed by atoms with Crippen molar-refractivity contribution in [1.29, 1.82) is 0 Å². The number of hydrogen-bond acceptors (Lipinski definition) is 1. The number of halogens is 2. The number of carbonyl (C=O) groups is 1. The van der Waals surface area contributed by atoms with Crippen LogP contribution in [0.4, 0.5) is 0 Å². The number of hydrogen-bond donors (Lipinski definition) is 0. The molecular formula is C26H27Cl2NO. The van der Waals surface area contributed by atoms with Gasteiger partial charge in [0.05, 0.1) is 5.92 Å². The molecule has 1 unspecified atom stereocenters. The molecule has 3 rings (SSSR count). The molecule has 1 atom stereocenters. The molecular weight excluding hydrogens is 413 g/mol. The van der Waals surface area contributed by atoms with E-state index in [1.807, 2.05) is 47.4 Å². The van der Waals surface area contributed by atoms with E-state index in [1.165, 1.54) is 5.56 Å². The zero-order valence-electron chi connectivity index (χ0n) is 17.4. The second-order valence-electron chi connectivity index (χ2n) is 7.60. The van der Waals surface area contributed by atoms with E-state index < -0.39 is 0 Å². The summed E-state index contributed by atoms with van der Waals surface area (Å²) >= 11 is 12.4. The molecule has 4 heteroatoms. The van der Waals surface area contributed by atoms with E-state index in [0.717, 1.165) is 23.1 Å². The largest absolute Gasteiger partial charge is 0.338 e. The molecule has 3 aromatic carbocycles. The Morgan fingerprint density at radius 3 is 2.30 bits per heavy atom. The summed E-state index contributed by atoms with van der Waals surface area (Å²) in [6, 6.07) is 23.9. The summed E-state index contributed by atoms with van der Waals surface area (Å²) in [4.78, 5) is 15.5. The highest BCUT2D eigenvalue weighted by molar-refractivity contribution is 6.35. The van der Waals surface area contributed by atoms with E-state index in [9.17, 15) is 4.79 Å². The average molecular weight is 440 g/mol. The lowest BCUT2D eigenvalue weighted by Gasteiger charge is -2.28. The van der Waals surface area contributed by atoms with E-state index in [2.05, 4.69) is 38.1 Å². The Labute approximate surface area is 189 Å². The lowest BCUT2D eigenvalue weighted by Crippen LogP contribution is -2.36. The fourth-order valence-electron chi connectivity index (χ4n) is 3.62. The zero-order chi connectivity index (χ0) is 21.5. The van der Waals surface area contributed by atoms with E-state index in [0.29, 0.717) is 29.6 Å². The monoisotopic (exact) mass is 439 g/mol. The average Bonchev–Trinajstić information content (AvgIpc) is 2.75. The maximum Gasteiger partial charge on any atom is 0.230 e. The maximum atomic E-state index is 13.6. The summed E-state index contributed by atoms with van der Waals surface area (Å²) < 4.78 is 0. The second-order valence-corrected chi connectivity index (χ2v) is 8.45. The predicted octanol–water partition coefficient (Wildman–Crippen LogP) is 7.07. The Kier molecular flexibility index (Phi) is 7.95. The SMILES string of the molecule is CCC(C(=O)N(CCc1ccc(Cl)cc1Cl)Cc1ccc(C)cc1)c1ccccc1. The van der Waals surface area contributed by atoms with Crippen LogP contribution in [0.15, 0.2) is 72.8 Å². The Balaban J connectivity index is 1.83. The van der Waals surface area contributed by atoms with Gasteiger partial charge in [0, 0.05) is 23.1 Å². The van der Waals surface area contributed by atoms with E-state index >= 15 is 0 Å². The van der Waals surface area contributed by atoms with Crippen molar-refractivity contribution in [2.24, 2.45) is 0 Å². The van der Waals surface area contributed by atoms with Crippen LogP contribution in [0.2, 0.25) is 10.0 Å². The van der Waals surface area contributed by atoms with Crippen LogP contribution < -0.4 is 0 Å². The summed E-state index contributed by atoms with van der Waals surface area (Å²) in [5.74, 6) is -0.00769. The third-order valence-electron chi connectivity index (χ3n) is 5.38. The quantitative estimate of drug-likeness (QED) is 0.367. The van der Waals surface area contributed by atoms with Crippen LogP contribution >= 0.6 is 23.2 Å². The molecule has 0 fully saturated rings. The topological polar surface area (TPSA) is 20.3 Å². The molecule has 2 nitrogen and oxygen atoms in total. The van der Waals surface area contributed by atoms with E-state index in [1.54, 1.807) is 6.07 Å². The molecule has 0 saturated carbocycles. The molecule has 1 amide bonds. The van der Waals surface area contributed by atoms with Crippen LogP contribution in [0.5, 0.6) is 0 Å². The van der Waals surface area contributed by atoms with Gasteiger partial charge in [0.25, 0.3) is 0 Å². The molecule has 0 aliphatic carbocycles. The van der Waals surface area contributed by atoms with Crippen molar-refractivity contribution in [2.75, 3.05) is 6.54 Å². The van der Waals surface area contributed by atoms with Crippen molar-refractivity contribution in [3.63, 3.8) is 0 Å². The first-order chi connectivity index (χ1) is 14.5. The zero-order valence-corrected chi connectivity index (χ0v) is 19.0. The molecule has 0 aliphatic rings. The summed E-state index contributed by atoms with van der Waals surface area (Å²) in [7, 11) is 0. The number of benzene rings is 3. The molecule has 156 valence electrons. The van der Waals surface area contributed by atoms with Gasteiger partial charge in [-0.25, -0.2) is 0 Å². The molecule has 0 aliphatic heterocycles. The van der Waals surface area contributed by atoms with Gasteiger partial charge in [-0.05, 0) is 48.6 Å².